The SMILES string of the molecule is CCCOC(=O)c1cc(S)ccc1Br. The van der Waals surface area contributed by atoms with Crippen molar-refractivity contribution in [2.24, 2.45) is 0 Å². The molecular weight excluding hydrogens is 264 g/mol. The molecule has 0 saturated carbocycles. The Hall–Kier alpha value is -0.480. The molecule has 1 aromatic rings. The second kappa shape index (κ2) is 5.41. The summed E-state index contributed by atoms with van der Waals surface area (Å²) in [7, 11) is 0. The minimum absolute atomic E-state index is 0.311. The van der Waals surface area contributed by atoms with Gasteiger partial charge in [-0.3, -0.25) is 0 Å². The first-order valence-electron chi connectivity index (χ1n) is 4.30. The molecule has 14 heavy (non-hydrogen) atoms. The van der Waals surface area contributed by atoms with Gasteiger partial charge in [0, 0.05) is 9.37 Å². The number of halogens is 1. The van der Waals surface area contributed by atoms with Crippen molar-refractivity contribution in [3.8, 4) is 0 Å². The number of hydrogen-bond acceptors (Lipinski definition) is 3. The molecule has 76 valence electrons. The summed E-state index contributed by atoms with van der Waals surface area (Å²) in [6.45, 7) is 2.40. The van der Waals surface area contributed by atoms with E-state index < -0.39 is 0 Å². The number of benzene rings is 1. The Labute approximate surface area is 97.2 Å². The highest BCUT2D eigenvalue weighted by atomic mass is 79.9. The normalized spacial score (nSPS) is 9.93. The Morgan fingerprint density at radius 2 is 2.29 bits per heavy atom. The molecule has 0 aliphatic heterocycles. The molecule has 2 nitrogen and oxygen atoms in total. The van der Waals surface area contributed by atoms with Crippen molar-refractivity contribution in [1.29, 1.82) is 0 Å². The van der Waals surface area contributed by atoms with Crippen molar-refractivity contribution >= 4 is 34.5 Å². The van der Waals surface area contributed by atoms with Gasteiger partial charge in [-0.25, -0.2) is 4.79 Å². The van der Waals surface area contributed by atoms with Crippen molar-refractivity contribution in [2.75, 3.05) is 6.61 Å². The van der Waals surface area contributed by atoms with Crippen molar-refractivity contribution < 1.29 is 9.53 Å². The number of hydrogen-bond donors (Lipinski definition) is 1. The Morgan fingerprint density at radius 3 is 2.93 bits per heavy atom. The fourth-order valence-electron chi connectivity index (χ4n) is 0.942. The van der Waals surface area contributed by atoms with Crippen molar-refractivity contribution in [3.05, 3.63) is 28.2 Å². The average molecular weight is 275 g/mol. The van der Waals surface area contributed by atoms with E-state index in [1.54, 1.807) is 12.1 Å². The summed E-state index contributed by atoms with van der Waals surface area (Å²) in [6.07, 6.45) is 0.823. The van der Waals surface area contributed by atoms with Crippen LogP contribution in [0, 0.1) is 0 Å². The zero-order valence-electron chi connectivity index (χ0n) is 7.79. The molecule has 0 saturated heterocycles. The van der Waals surface area contributed by atoms with Crippen LogP contribution in [-0.2, 0) is 4.74 Å². The average Bonchev–Trinajstić information content (AvgIpc) is 2.18. The van der Waals surface area contributed by atoms with Crippen LogP contribution >= 0.6 is 28.6 Å². The molecule has 0 bridgehead atoms. The predicted molar refractivity (Wildman–Crippen MR) is 62.0 cm³/mol. The van der Waals surface area contributed by atoms with Gasteiger partial charge >= 0.3 is 5.97 Å². The monoisotopic (exact) mass is 274 g/mol. The summed E-state index contributed by atoms with van der Waals surface area (Å²) in [4.78, 5) is 12.2. The summed E-state index contributed by atoms with van der Waals surface area (Å²) < 4.78 is 5.74. The summed E-state index contributed by atoms with van der Waals surface area (Å²) in [5.41, 5.74) is 0.519. The van der Waals surface area contributed by atoms with E-state index in [0.29, 0.717) is 12.2 Å². The van der Waals surface area contributed by atoms with Crippen molar-refractivity contribution in [3.63, 3.8) is 0 Å². The van der Waals surface area contributed by atoms with Gasteiger partial charge in [0.15, 0.2) is 0 Å². The second-order valence-electron chi connectivity index (χ2n) is 2.80. The van der Waals surface area contributed by atoms with Crippen molar-refractivity contribution in [1.82, 2.24) is 0 Å². The first-order chi connectivity index (χ1) is 6.65. The van der Waals surface area contributed by atoms with Crippen LogP contribution in [0.2, 0.25) is 0 Å². The zero-order chi connectivity index (χ0) is 10.6. The van der Waals surface area contributed by atoms with E-state index in [1.807, 2.05) is 13.0 Å². The van der Waals surface area contributed by atoms with Gasteiger partial charge in [-0.2, -0.15) is 0 Å². The molecule has 0 fully saturated rings. The number of carbonyl (C=O) groups is 1. The van der Waals surface area contributed by atoms with Gasteiger partial charge in [-0.1, -0.05) is 6.92 Å². The highest BCUT2D eigenvalue weighted by molar-refractivity contribution is 9.10. The molecule has 0 amide bonds. The van der Waals surface area contributed by atoms with Gasteiger partial charge in [-0.05, 0) is 40.5 Å². The molecule has 0 aliphatic rings. The molecule has 0 aromatic heterocycles. The number of esters is 1. The van der Waals surface area contributed by atoms with Gasteiger partial charge in [0.25, 0.3) is 0 Å². The minimum atomic E-state index is -0.311. The number of carbonyl (C=O) groups excluding carboxylic acids is 1. The second-order valence-corrected chi connectivity index (χ2v) is 4.17. The Balaban J connectivity index is 2.83. The standard InChI is InChI=1S/C10H11BrO2S/c1-2-5-13-10(12)8-6-7(14)3-4-9(8)11/h3-4,6,14H,2,5H2,1H3. The highest BCUT2D eigenvalue weighted by Crippen LogP contribution is 2.20. The maximum absolute atomic E-state index is 11.5. The van der Waals surface area contributed by atoms with Crippen LogP contribution in [0.25, 0.3) is 0 Å². The maximum atomic E-state index is 11.5. The smallest absolute Gasteiger partial charge is 0.339 e. The largest absolute Gasteiger partial charge is 0.462 e. The molecule has 0 radical (unpaired) electrons. The first-order valence-corrected chi connectivity index (χ1v) is 5.54. The molecule has 0 atom stereocenters. The Morgan fingerprint density at radius 1 is 1.57 bits per heavy atom. The summed E-state index contributed by atoms with van der Waals surface area (Å²) in [5, 5.41) is 0. The molecule has 0 unspecified atom stereocenters. The van der Waals surface area contributed by atoms with E-state index in [4.69, 9.17) is 4.74 Å². The molecule has 0 spiro atoms. The fraction of sp³-hybridized carbons (Fsp3) is 0.300. The fourth-order valence-corrected chi connectivity index (χ4v) is 1.55. The quantitative estimate of drug-likeness (QED) is 0.676. The summed E-state index contributed by atoms with van der Waals surface area (Å²) in [5.74, 6) is -0.311. The molecular formula is C10H11BrO2S. The van der Waals surface area contributed by atoms with Crippen LogP contribution in [0.3, 0.4) is 0 Å². The minimum Gasteiger partial charge on any atom is -0.462 e. The molecule has 4 heteroatoms. The van der Waals surface area contributed by atoms with Crippen LogP contribution in [0.4, 0.5) is 0 Å². The molecule has 0 heterocycles. The lowest BCUT2D eigenvalue weighted by Gasteiger charge is -2.05. The lowest BCUT2D eigenvalue weighted by molar-refractivity contribution is 0.0503. The van der Waals surface area contributed by atoms with Crippen molar-refractivity contribution in [2.45, 2.75) is 18.2 Å². The van der Waals surface area contributed by atoms with Gasteiger partial charge in [0.05, 0.1) is 12.2 Å². The Bertz CT molecular complexity index is 339. The number of thiol groups is 1. The van der Waals surface area contributed by atoms with Gasteiger partial charge in [0.2, 0.25) is 0 Å². The van der Waals surface area contributed by atoms with E-state index in [-0.39, 0.29) is 5.97 Å². The zero-order valence-corrected chi connectivity index (χ0v) is 10.3. The molecule has 1 aromatic carbocycles. The van der Waals surface area contributed by atoms with E-state index in [0.717, 1.165) is 15.8 Å². The van der Waals surface area contributed by atoms with Crippen LogP contribution < -0.4 is 0 Å². The van der Waals surface area contributed by atoms with E-state index in [2.05, 4.69) is 28.6 Å². The topological polar surface area (TPSA) is 26.3 Å². The molecule has 1 rings (SSSR count). The summed E-state index contributed by atoms with van der Waals surface area (Å²) in [6, 6.07) is 5.28. The number of rotatable bonds is 3. The third kappa shape index (κ3) is 3.03. The molecule has 0 aliphatic carbocycles. The van der Waals surface area contributed by atoms with Crippen LogP contribution in [0.5, 0.6) is 0 Å². The van der Waals surface area contributed by atoms with E-state index in [1.165, 1.54) is 0 Å². The van der Waals surface area contributed by atoms with Gasteiger partial charge in [0.1, 0.15) is 0 Å². The van der Waals surface area contributed by atoms with Gasteiger partial charge < -0.3 is 4.74 Å². The lowest BCUT2D eigenvalue weighted by atomic mass is 10.2. The van der Waals surface area contributed by atoms with Crippen LogP contribution in [-0.4, -0.2) is 12.6 Å². The third-order valence-electron chi connectivity index (χ3n) is 1.61. The van der Waals surface area contributed by atoms with Crippen LogP contribution in [0.1, 0.15) is 23.7 Å². The number of ether oxygens (including phenoxy) is 1. The lowest BCUT2D eigenvalue weighted by Crippen LogP contribution is -2.06. The van der Waals surface area contributed by atoms with E-state index >= 15 is 0 Å². The maximum Gasteiger partial charge on any atom is 0.339 e. The third-order valence-corrected chi connectivity index (χ3v) is 2.58. The Kier molecular flexibility index (Phi) is 4.48. The predicted octanol–water partition coefficient (Wildman–Crippen LogP) is 3.30. The van der Waals surface area contributed by atoms with Gasteiger partial charge in [-0.15, -0.1) is 12.6 Å². The first kappa shape index (κ1) is 11.6. The van der Waals surface area contributed by atoms with E-state index in [9.17, 15) is 4.79 Å². The molecule has 0 N–H and O–H groups in total. The van der Waals surface area contributed by atoms with Crippen LogP contribution in [0.15, 0.2) is 27.6 Å². The highest BCUT2D eigenvalue weighted by Gasteiger charge is 2.10. The summed E-state index contributed by atoms with van der Waals surface area (Å²) >= 11 is 7.45.